The van der Waals surface area contributed by atoms with Crippen LogP contribution in [0.15, 0.2) is 24.3 Å². The molecule has 1 saturated carbocycles. The van der Waals surface area contributed by atoms with Gasteiger partial charge in [-0.25, -0.2) is 8.42 Å². The van der Waals surface area contributed by atoms with E-state index in [2.05, 4.69) is 11.4 Å². The largest absolute Gasteiger partial charge is 0.493 e. The molecule has 22 heavy (non-hydrogen) atoms. The Hall–Kier alpha value is -1.07. The van der Waals surface area contributed by atoms with Crippen molar-refractivity contribution in [1.29, 1.82) is 0 Å². The first kappa shape index (κ1) is 15.8. The summed E-state index contributed by atoms with van der Waals surface area (Å²) in [6.07, 6.45) is 6.26. The van der Waals surface area contributed by atoms with Gasteiger partial charge >= 0.3 is 0 Å². The number of rotatable bonds is 4. The van der Waals surface area contributed by atoms with Crippen LogP contribution in [0, 0.1) is 0 Å². The van der Waals surface area contributed by atoms with E-state index in [0.29, 0.717) is 5.92 Å². The van der Waals surface area contributed by atoms with Gasteiger partial charge in [-0.05, 0) is 30.9 Å². The van der Waals surface area contributed by atoms with E-state index in [-0.39, 0.29) is 11.3 Å². The second-order valence-corrected chi connectivity index (χ2v) is 8.80. The number of hydrogen-bond donors (Lipinski definition) is 1. The molecule has 0 saturated heterocycles. The number of nitrogens with one attached hydrogen (secondary N) is 1. The van der Waals surface area contributed by atoms with Gasteiger partial charge in [-0.15, -0.1) is 0 Å². The number of hydrogen-bond acceptors (Lipinski definition) is 4. The van der Waals surface area contributed by atoms with Crippen molar-refractivity contribution in [2.75, 3.05) is 19.4 Å². The molecule has 0 aromatic heterocycles. The Morgan fingerprint density at radius 2 is 1.95 bits per heavy atom. The van der Waals surface area contributed by atoms with E-state index < -0.39 is 9.84 Å². The second kappa shape index (κ2) is 6.59. The van der Waals surface area contributed by atoms with Crippen LogP contribution in [0.1, 0.15) is 43.6 Å². The zero-order valence-corrected chi connectivity index (χ0v) is 13.9. The molecule has 5 heteroatoms. The van der Waals surface area contributed by atoms with Crippen LogP contribution < -0.4 is 10.1 Å². The van der Waals surface area contributed by atoms with Gasteiger partial charge in [-0.2, -0.15) is 0 Å². The summed E-state index contributed by atoms with van der Waals surface area (Å²) in [5.74, 6) is 1.39. The maximum atomic E-state index is 12.0. The van der Waals surface area contributed by atoms with Crippen LogP contribution in [0.4, 0.5) is 0 Å². The van der Waals surface area contributed by atoms with Crippen LogP contribution in [0.3, 0.4) is 0 Å². The minimum Gasteiger partial charge on any atom is -0.493 e. The highest BCUT2D eigenvalue weighted by molar-refractivity contribution is 7.91. The fraction of sp³-hybridized carbons (Fsp3) is 0.647. The third kappa shape index (κ3) is 3.46. The molecule has 0 radical (unpaired) electrons. The number of sulfone groups is 1. The third-order valence-corrected chi connectivity index (χ3v) is 6.63. The van der Waals surface area contributed by atoms with E-state index in [1.165, 1.54) is 11.8 Å². The summed E-state index contributed by atoms with van der Waals surface area (Å²) in [6, 6.07) is 8.27. The van der Waals surface area contributed by atoms with Gasteiger partial charge < -0.3 is 10.1 Å². The van der Waals surface area contributed by atoms with Crippen molar-refractivity contribution < 1.29 is 13.2 Å². The Morgan fingerprint density at radius 1 is 1.18 bits per heavy atom. The molecule has 0 spiro atoms. The van der Waals surface area contributed by atoms with Gasteiger partial charge in [0.2, 0.25) is 0 Å². The number of fused-ring (bicyclic) bond motifs is 1. The zero-order valence-electron chi connectivity index (χ0n) is 13.1. The average molecular weight is 323 g/mol. The predicted molar refractivity (Wildman–Crippen MR) is 88.2 cm³/mol. The first-order valence-corrected chi connectivity index (χ1v) is 10.1. The number of ether oxygens (including phenoxy) is 1. The minimum atomic E-state index is -2.98. The molecule has 1 aliphatic heterocycles. The summed E-state index contributed by atoms with van der Waals surface area (Å²) >= 11 is 0. The molecule has 122 valence electrons. The normalized spacial score (nSPS) is 28.7. The lowest BCUT2D eigenvalue weighted by Crippen LogP contribution is -2.47. The molecule has 1 aromatic carbocycles. The lowest BCUT2D eigenvalue weighted by atomic mass is 9.91. The Labute approximate surface area is 133 Å². The van der Waals surface area contributed by atoms with Gasteiger partial charge in [0.1, 0.15) is 5.75 Å². The Balaban J connectivity index is 1.67. The molecule has 3 rings (SSSR count). The predicted octanol–water partition coefficient (Wildman–Crippen LogP) is 2.50. The number of para-hydroxylation sites is 1. The van der Waals surface area contributed by atoms with Crippen LogP contribution >= 0.6 is 0 Å². The summed E-state index contributed by atoms with van der Waals surface area (Å²) in [7, 11) is -2.98. The maximum absolute atomic E-state index is 12.0. The van der Waals surface area contributed by atoms with Gasteiger partial charge in [0.05, 0.1) is 11.9 Å². The van der Waals surface area contributed by atoms with E-state index in [0.717, 1.165) is 51.0 Å². The average Bonchev–Trinajstić information content (AvgIpc) is 2.52. The quantitative estimate of drug-likeness (QED) is 0.925. The standard InChI is InChI=1S/C17H25NO3S/c1-22(19,20)17-9-5-3-7-15(17)18-12-13-10-11-21-16-8-4-2-6-14(13)16/h2,4,6,8,13,15,17-18H,3,5,7,9-12H2,1H3/t13-,15+,17+/m0/s1. The summed E-state index contributed by atoms with van der Waals surface area (Å²) in [5, 5.41) is 3.33. The molecule has 1 heterocycles. The molecule has 2 aliphatic rings. The van der Waals surface area contributed by atoms with Crippen LogP contribution in [-0.2, 0) is 9.84 Å². The first-order chi connectivity index (χ1) is 10.6. The van der Waals surface area contributed by atoms with E-state index in [9.17, 15) is 8.42 Å². The molecule has 1 N–H and O–H groups in total. The molecule has 1 aliphatic carbocycles. The number of benzene rings is 1. The smallest absolute Gasteiger partial charge is 0.151 e. The maximum Gasteiger partial charge on any atom is 0.151 e. The lowest BCUT2D eigenvalue weighted by Gasteiger charge is -2.33. The molecule has 1 aromatic rings. The Bertz CT molecular complexity index is 614. The topological polar surface area (TPSA) is 55.4 Å². The highest BCUT2D eigenvalue weighted by Gasteiger charge is 2.33. The Morgan fingerprint density at radius 3 is 2.77 bits per heavy atom. The first-order valence-electron chi connectivity index (χ1n) is 8.19. The van der Waals surface area contributed by atoms with Crippen LogP contribution in [0.5, 0.6) is 5.75 Å². The molecular weight excluding hydrogens is 298 g/mol. The third-order valence-electron chi connectivity index (χ3n) is 4.96. The van der Waals surface area contributed by atoms with Crippen molar-refractivity contribution in [3.05, 3.63) is 29.8 Å². The summed E-state index contributed by atoms with van der Waals surface area (Å²) in [6.45, 7) is 1.57. The molecule has 0 unspecified atom stereocenters. The second-order valence-electron chi connectivity index (χ2n) is 6.54. The molecular formula is C17H25NO3S. The van der Waals surface area contributed by atoms with Crippen molar-refractivity contribution in [2.45, 2.75) is 49.3 Å². The molecule has 0 amide bonds. The van der Waals surface area contributed by atoms with E-state index in [1.54, 1.807) is 0 Å². The van der Waals surface area contributed by atoms with E-state index in [1.807, 2.05) is 18.2 Å². The van der Waals surface area contributed by atoms with Crippen molar-refractivity contribution in [3.63, 3.8) is 0 Å². The zero-order chi connectivity index (χ0) is 15.6. The van der Waals surface area contributed by atoms with Crippen LogP contribution in [0.25, 0.3) is 0 Å². The SMILES string of the molecule is CS(=O)(=O)[C@@H]1CCCC[C@H]1NC[C@@H]1CCOc2ccccc21. The van der Waals surface area contributed by atoms with E-state index >= 15 is 0 Å². The van der Waals surface area contributed by atoms with Gasteiger partial charge in [0.15, 0.2) is 9.84 Å². The fourth-order valence-electron chi connectivity index (χ4n) is 3.76. The van der Waals surface area contributed by atoms with Gasteiger partial charge in [-0.3, -0.25) is 0 Å². The monoisotopic (exact) mass is 323 g/mol. The summed E-state index contributed by atoms with van der Waals surface area (Å²) < 4.78 is 29.7. The molecule has 4 nitrogen and oxygen atoms in total. The van der Waals surface area contributed by atoms with Gasteiger partial charge in [0, 0.05) is 24.8 Å². The molecule has 3 atom stereocenters. The van der Waals surface area contributed by atoms with Crippen molar-refractivity contribution in [2.24, 2.45) is 0 Å². The molecule has 1 fully saturated rings. The van der Waals surface area contributed by atoms with Crippen LogP contribution in [0.2, 0.25) is 0 Å². The van der Waals surface area contributed by atoms with Crippen molar-refractivity contribution >= 4 is 9.84 Å². The summed E-state index contributed by atoms with van der Waals surface area (Å²) in [4.78, 5) is 0. The highest BCUT2D eigenvalue weighted by Crippen LogP contribution is 2.33. The van der Waals surface area contributed by atoms with E-state index in [4.69, 9.17) is 4.74 Å². The van der Waals surface area contributed by atoms with Crippen molar-refractivity contribution in [1.82, 2.24) is 5.32 Å². The Kier molecular flexibility index (Phi) is 4.73. The van der Waals surface area contributed by atoms with Gasteiger partial charge in [-0.1, -0.05) is 31.0 Å². The van der Waals surface area contributed by atoms with Crippen molar-refractivity contribution in [3.8, 4) is 5.75 Å². The molecule has 0 bridgehead atoms. The fourth-order valence-corrected chi connectivity index (χ4v) is 5.19. The van der Waals surface area contributed by atoms with Crippen LogP contribution in [-0.4, -0.2) is 39.1 Å². The minimum absolute atomic E-state index is 0.0961. The highest BCUT2D eigenvalue weighted by atomic mass is 32.2. The summed E-state index contributed by atoms with van der Waals surface area (Å²) in [5.41, 5.74) is 1.24. The van der Waals surface area contributed by atoms with Gasteiger partial charge in [0.25, 0.3) is 0 Å². The lowest BCUT2D eigenvalue weighted by molar-refractivity contribution is 0.258.